The summed E-state index contributed by atoms with van der Waals surface area (Å²) in [6.07, 6.45) is 0. The maximum Gasteiger partial charge on any atom is 0.341 e. The van der Waals surface area contributed by atoms with Crippen molar-refractivity contribution < 1.29 is 27.1 Å². The lowest BCUT2D eigenvalue weighted by atomic mass is 10.2. The van der Waals surface area contributed by atoms with Crippen LogP contribution in [-0.2, 0) is 11.3 Å². The molecule has 0 spiro atoms. The number of esters is 1. The highest BCUT2D eigenvalue weighted by Gasteiger charge is 2.17. The zero-order chi connectivity index (χ0) is 15.6. The summed E-state index contributed by atoms with van der Waals surface area (Å²) in [5, 5.41) is 0. The maximum atomic E-state index is 13.4. The van der Waals surface area contributed by atoms with Gasteiger partial charge in [0, 0.05) is 17.7 Å². The Balaban J connectivity index is 2.13. The number of nitrogens with two attached hydrogens (primary N) is 1. The number of anilines is 1. The highest BCUT2D eigenvalue weighted by molar-refractivity contribution is 5.90. The van der Waals surface area contributed by atoms with E-state index in [1.54, 1.807) is 0 Å². The normalized spacial score (nSPS) is 10.5. The number of ether oxygens (including phenoxy) is 1. The van der Waals surface area contributed by atoms with Crippen molar-refractivity contribution in [2.45, 2.75) is 6.61 Å². The van der Waals surface area contributed by atoms with Crippen LogP contribution in [0.5, 0.6) is 0 Å². The minimum absolute atomic E-state index is 0.0831. The second-order valence-corrected chi connectivity index (χ2v) is 4.17. The SMILES string of the molecule is Nc1cc(C(=O)OCc2ccc(F)cc2F)c(F)cc1F. The number of carbonyl (C=O) groups is 1. The zero-order valence-corrected chi connectivity index (χ0v) is 10.5. The van der Waals surface area contributed by atoms with Crippen LogP contribution in [0.15, 0.2) is 30.3 Å². The predicted octanol–water partition coefficient (Wildman–Crippen LogP) is 3.18. The molecule has 0 aliphatic rings. The molecular formula is C14H9F4NO2. The largest absolute Gasteiger partial charge is 0.457 e. The molecular weight excluding hydrogens is 290 g/mol. The first-order valence-corrected chi connectivity index (χ1v) is 5.74. The molecule has 3 nitrogen and oxygen atoms in total. The van der Waals surface area contributed by atoms with Crippen molar-refractivity contribution in [1.82, 2.24) is 0 Å². The predicted molar refractivity (Wildman–Crippen MR) is 66.2 cm³/mol. The van der Waals surface area contributed by atoms with Crippen LogP contribution in [-0.4, -0.2) is 5.97 Å². The summed E-state index contributed by atoms with van der Waals surface area (Å²) in [6.45, 7) is -0.526. The minimum Gasteiger partial charge on any atom is -0.457 e. The van der Waals surface area contributed by atoms with Crippen LogP contribution >= 0.6 is 0 Å². The third-order valence-corrected chi connectivity index (χ3v) is 2.68. The highest BCUT2D eigenvalue weighted by Crippen LogP contribution is 2.18. The van der Waals surface area contributed by atoms with E-state index in [1.807, 2.05) is 0 Å². The van der Waals surface area contributed by atoms with Crippen LogP contribution < -0.4 is 5.73 Å². The van der Waals surface area contributed by atoms with Crippen LogP contribution in [0.25, 0.3) is 0 Å². The zero-order valence-electron chi connectivity index (χ0n) is 10.5. The number of hydrogen-bond acceptors (Lipinski definition) is 3. The number of benzene rings is 2. The average Bonchev–Trinajstić information content (AvgIpc) is 2.41. The molecule has 0 heterocycles. The molecule has 2 N–H and O–H groups in total. The Labute approximate surface area is 116 Å². The molecule has 0 aromatic heterocycles. The molecule has 2 aromatic carbocycles. The number of carbonyl (C=O) groups excluding carboxylic acids is 1. The summed E-state index contributed by atoms with van der Waals surface area (Å²) in [6, 6.07) is 3.94. The molecule has 0 saturated heterocycles. The molecule has 2 rings (SSSR count). The Kier molecular flexibility index (Phi) is 4.11. The van der Waals surface area contributed by atoms with Crippen molar-refractivity contribution in [3.05, 3.63) is 64.7 Å². The number of rotatable bonds is 3. The minimum atomic E-state index is -1.15. The van der Waals surface area contributed by atoms with Gasteiger partial charge in [-0.05, 0) is 18.2 Å². The molecule has 0 amide bonds. The van der Waals surface area contributed by atoms with Crippen molar-refractivity contribution in [3.63, 3.8) is 0 Å². The van der Waals surface area contributed by atoms with Gasteiger partial charge in [0.05, 0.1) is 11.3 Å². The van der Waals surface area contributed by atoms with E-state index in [1.165, 1.54) is 0 Å². The van der Waals surface area contributed by atoms with E-state index < -0.39 is 47.1 Å². The van der Waals surface area contributed by atoms with Crippen molar-refractivity contribution in [3.8, 4) is 0 Å². The molecule has 21 heavy (non-hydrogen) atoms. The third-order valence-electron chi connectivity index (χ3n) is 2.68. The number of hydrogen-bond donors (Lipinski definition) is 1. The second-order valence-electron chi connectivity index (χ2n) is 4.17. The van der Waals surface area contributed by atoms with E-state index in [2.05, 4.69) is 0 Å². The quantitative estimate of drug-likeness (QED) is 0.538. The van der Waals surface area contributed by atoms with Gasteiger partial charge < -0.3 is 10.5 Å². The summed E-state index contributed by atoms with van der Waals surface area (Å²) in [5.74, 6) is -4.97. The second kappa shape index (κ2) is 5.82. The Morgan fingerprint density at radius 3 is 2.38 bits per heavy atom. The molecule has 0 unspecified atom stereocenters. The third kappa shape index (κ3) is 3.31. The molecule has 0 bridgehead atoms. The van der Waals surface area contributed by atoms with E-state index in [0.717, 1.165) is 18.2 Å². The molecule has 7 heteroatoms. The van der Waals surface area contributed by atoms with E-state index in [9.17, 15) is 22.4 Å². The number of nitrogen functional groups attached to an aromatic ring is 1. The first-order valence-electron chi connectivity index (χ1n) is 5.74. The van der Waals surface area contributed by atoms with Crippen LogP contribution in [0.3, 0.4) is 0 Å². The molecule has 0 aliphatic carbocycles. The van der Waals surface area contributed by atoms with Gasteiger partial charge in [-0.25, -0.2) is 22.4 Å². The van der Waals surface area contributed by atoms with Crippen LogP contribution in [0, 0.1) is 23.3 Å². The van der Waals surface area contributed by atoms with Gasteiger partial charge >= 0.3 is 5.97 Å². The highest BCUT2D eigenvalue weighted by atomic mass is 19.1. The summed E-state index contributed by atoms with van der Waals surface area (Å²) in [4.78, 5) is 11.6. The lowest BCUT2D eigenvalue weighted by molar-refractivity contribution is 0.0463. The van der Waals surface area contributed by atoms with Gasteiger partial charge in [0.15, 0.2) is 0 Å². The van der Waals surface area contributed by atoms with E-state index in [-0.39, 0.29) is 5.56 Å². The van der Waals surface area contributed by atoms with Gasteiger partial charge in [0.1, 0.15) is 29.9 Å². The van der Waals surface area contributed by atoms with Crippen LogP contribution in [0.2, 0.25) is 0 Å². The lowest BCUT2D eigenvalue weighted by Gasteiger charge is -2.08. The fraction of sp³-hybridized carbons (Fsp3) is 0.0714. The summed E-state index contributed by atoms with van der Waals surface area (Å²) >= 11 is 0. The molecule has 110 valence electrons. The summed E-state index contributed by atoms with van der Waals surface area (Å²) in [7, 11) is 0. The molecule has 0 fully saturated rings. The topological polar surface area (TPSA) is 52.3 Å². The van der Waals surface area contributed by atoms with E-state index in [0.29, 0.717) is 12.1 Å². The molecule has 0 aliphatic heterocycles. The maximum absolute atomic E-state index is 13.4. The van der Waals surface area contributed by atoms with E-state index >= 15 is 0 Å². The fourth-order valence-electron chi connectivity index (χ4n) is 1.58. The summed E-state index contributed by atoms with van der Waals surface area (Å²) < 4.78 is 57.1. The first-order chi connectivity index (χ1) is 9.88. The first kappa shape index (κ1) is 14.8. The molecule has 0 radical (unpaired) electrons. The van der Waals surface area contributed by atoms with Crippen molar-refractivity contribution >= 4 is 11.7 Å². The van der Waals surface area contributed by atoms with Crippen molar-refractivity contribution in [2.75, 3.05) is 5.73 Å². The van der Waals surface area contributed by atoms with Crippen molar-refractivity contribution in [2.24, 2.45) is 0 Å². The molecule has 0 saturated carbocycles. The smallest absolute Gasteiger partial charge is 0.341 e. The number of halogens is 4. The van der Waals surface area contributed by atoms with Gasteiger partial charge in [-0.15, -0.1) is 0 Å². The van der Waals surface area contributed by atoms with Crippen LogP contribution in [0.4, 0.5) is 23.2 Å². The molecule has 0 atom stereocenters. The summed E-state index contributed by atoms with van der Waals surface area (Å²) in [5.41, 5.74) is 4.15. The lowest BCUT2D eigenvalue weighted by Crippen LogP contribution is -2.10. The Bertz CT molecular complexity index is 704. The van der Waals surface area contributed by atoms with Gasteiger partial charge in [0.25, 0.3) is 0 Å². The monoisotopic (exact) mass is 299 g/mol. The standard InChI is InChI=1S/C14H9F4NO2/c15-8-2-1-7(10(16)3-8)6-21-14(20)9-4-13(19)12(18)5-11(9)17/h1-5H,6,19H2. The van der Waals surface area contributed by atoms with Crippen molar-refractivity contribution in [1.29, 1.82) is 0 Å². The Hall–Kier alpha value is -2.57. The van der Waals surface area contributed by atoms with Gasteiger partial charge in [-0.1, -0.05) is 0 Å². The van der Waals surface area contributed by atoms with Gasteiger partial charge in [-0.3, -0.25) is 0 Å². The van der Waals surface area contributed by atoms with Gasteiger partial charge in [0.2, 0.25) is 0 Å². The van der Waals surface area contributed by atoms with Crippen LogP contribution in [0.1, 0.15) is 15.9 Å². The average molecular weight is 299 g/mol. The fourth-order valence-corrected chi connectivity index (χ4v) is 1.58. The molecule has 2 aromatic rings. The Morgan fingerprint density at radius 2 is 1.71 bits per heavy atom. The van der Waals surface area contributed by atoms with E-state index in [4.69, 9.17) is 10.5 Å². The van der Waals surface area contributed by atoms with Gasteiger partial charge in [-0.2, -0.15) is 0 Å². The Morgan fingerprint density at radius 1 is 1.00 bits per heavy atom.